The number of hydrogen-bond donors (Lipinski definition) is 1. The second-order valence-electron chi connectivity index (χ2n) is 23.1. The molecule has 7 aromatic carbocycles. The van der Waals surface area contributed by atoms with Gasteiger partial charge in [0.2, 0.25) is 0 Å². The predicted octanol–water partition coefficient (Wildman–Crippen LogP) is 18.7. The largest absolute Gasteiger partial charge is 0.507 e. The van der Waals surface area contributed by atoms with E-state index in [4.69, 9.17) is 22.8 Å². The molecule has 0 saturated heterocycles. The van der Waals surface area contributed by atoms with Gasteiger partial charge < -0.3 is 5.11 Å². The van der Waals surface area contributed by atoms with Gasteiger partial charge in [-0.1, -0.05) is 218 Å². The van der Waals surface area contributed by atoms with E-state index < -0.39 is 108 Å². The maximum atomic E-state index is 12.8. The minimum Gasteiger partial charge on any atom is -0.507 e. The van der Waals surface area contributed by atoms with Crippen molar-refractivity contribution in [3.63, 3.8) is 0 Å². The van der Waals surface area contributed by atoms with Crippen LogP contribution in [0.1, 0.15) is 163 Å². The van der Waals surface area contributed by atoms with Gasteiger partial charge in [-0.05, 0) is 120 Å². The summed E-state index contributed by atoms with van der Waals surface area (Å²) < 4.78 is 169. The van der Waals surface area contributed by atoms with Crippen molar-refractivity contribution in [2.45, 2.75) is 138 Å². The van der Waals surface area contributed by atoms with Crippen LogP contribution in [0, 0.1) is 12.9 Å². The molecule has 0 bridgehead atoms. The Labute approximate surface area is 483 Å². The third-order valence-corrected chi connectivity index (χ3v) is 13.3. The van der Waals surface area contributed by atoms with Gasteiger partial charge in [-0.25, -0.2) is 4.98 Å². The number of rotatable bonds is 7. The van der Waals surface area contributed by atoms with Gasteiger partial charge in [0.15, 0.2) is 0 Å². The van der Waals surface area contributed by atoms with E-state index in [9.17, 15) is 13.3 Å². The number of aromatic nitrogens is 3. The van der Waals surface area contributed by atoms with Crippen molar-refractivity contribution >= 4 is 11.0 Å². The second kappa shape index (κ2) is 19.7. The molecule has 0 spiro atoms. The van der Waals surface area contributed by atoms with E-state index in [2.05, 4.69) is 58.7 Å². The van der Waals surface area contributed by atoms with Gasteiger partial charge in [-0.15, -0.1) is 29.3 Å². The number of phenols is 1. The number of pyridine rings is 1. The summed E-state index contributed by atoms with van der Waals surface area (Å²) in [5.74, 6) is 0.138. The van der Waals surface area contributed by atoms with E-state index >= 15 is 0 Å². The summed E-state index contributed by atoms with van der Waals surface area (Å²) in [6.07, 6.45) is -0.795. The molecular formula is C69H74N3OPt-. The van der Waals surface area contributed by atoms with Gasteiger partial charge in [0.1, 0.15) is 11.6 Å². The molecule has 2 aromatic heterocycles. The second-order valence-corrected chi connectivity index (χ2v) is 23.1. The van der Waals surface area contributed by atoms with E-state index in [-0.39, 0.29) is 60.6 Å². The zero-order valence-electron chi connectivity index (χ0n) is 63.0. The van der Waals surface area contributed by atoms with Crippen LogP contribution in [0.4, 0.5) is 0 Å². The molecule has 5 heteroatoms. The van der Waals surface area contributed by atoms with Gasteiger partial charge in [0.05, 0.1) is 31.9 Å². The van der Waals surface area contributed by atoms with E-state index in [1.54, 1.807) is 41.0 Å². The first-order chi connectivity index (χ1) is 42.1. The van der Waals surface area contributed by atoms with Crippen molar-refractivity contribution in [3.8, 4) is 78.6 Å². The molecule has 0 amide bonds. The van der Waals surface area contributed by atoms with E-state index in [0.29, 0.717) is 44.4 Å². The third-order valence-electron chi connectivity index (χ3n) is 13.3. The molecular weight excluding hydrogens is 1080 g/mol. The van der Waals surface area contributed by atoms with Gasteiger partial charge in [0.25, 0.3) is 0 Å². The Hall–Kier alpha value is -6.35. The Morgan fingerprint density at radius 2 is 1.19 bits per heavy atom. The molecule has 9 rings (SSSR count). The van der Waals surface area contributed by atoms with Crippen LogP contribution in [0.15, 0.2) is 152 Å². The Bertz CT molecular complexity index is 4350. The quantitative estimate of drug-likeness (QED) is 0.162. The average Bonchev–Trinajstić information content (AvgIpc) is 1.03. The van der Waals surface area contributed by atoms with Crippen LogP contribution in [-0.2, 0) is 48.1 Å². The summed E-state index contributed by atoms with van der Waals surface area (Å²) in [5, 5.41) is 12.8. The van der Waals surface area contributed by atoms with Crippen LogP contribution in [0.5, 0.6) is 5.75 Å². The Kier molecular flexibility index (Phi) is 9.14. The topological polar surface area (TPSA) is 50.9 Å². The van der Waals surface area contributed by atoms with Crippen LogP contribution in [0.2, 0.25) is 0 Å². The normalized spacial score (nSPS) is 16.9. The first kappa shape index (κ1) is 34.3. The number of phenolic OH excluding ortho intramolecular Hbond substituents is 1. The van der Waals surface area contributed by atoms with Crippen LogP contribution < -0.4 is 0 Å². The number of benzene rings is 7. The van der Waals surface area contributed by atoms with Gasteiger partial charge in [-0.3, -0.25) is 9.55 Å². The van der Waals surface area contributed by atoms with E-state index in [1.807, 2.05) is 108 Å². The fraction of sp³-hybridized carbons (Fsp3) is 0.304. The molecule has 0 radical (unpaired) electrons. The van der Waals surface area contributed by atoms with Crippen molar-refractivity contribution in [2.24, 2.45) is 0 Å². The van der Waals surface area contributed by atoms with Crippen LogP contribution >= 0.6 is 0 Å². The third kappa shape index (κ3) is 10.6. The SMILES string of the molecule is [2H]c1nc(-c2[c-]c(-c3cccc4c3nc(-c3cc(C(C)(C)C)cc(C(C)(C)C)c3O)n4-c3ccc(-c4c(-c5ccccc5)cccc4C(C)(C)C)cc3C([2H])([2H])[2H])cc(C(C)(C)C)c2)c([2H])c(-c2c([2H])c([2H])c(C(C([2H])([2H])[2H])(C([2H])([2H])[2H])C([2H])([2H])[2H])c([2H])c2[2H])c1[2H].[Pt]. The smallest absolute Gasteiger partial charge is 0.148 e. The zero-order chi connectivity index (χ0) is 68.7. The molecule has 1 N–H and O–H groups in total. The molecule has 382 valence electrons. The average molecular weight is 1180 g/mol. The maximum Gasteiger partial charge on any atom is 0.148 e. The molecule has 2 heterocycles. The van der Waals surface area contributed by atoms with E-state index in [1.165, 1.54) is 0 Å². The zero-order valence-corrected chi connectivity index (χ0v) is 46.3. The van der Waals surface area contributed by atoms with Crippen molar-refractivity contribution in [2.75, 3.05) is 0 Å². The number of nitrogens with zero attached hydrogens (tertiary/aromatic N) is 3. The number of imidazole rings is 1. The molecule has 0 atom stereocenters. The standard InChI is InChI=1S/C69H74N3O.Pt/c1-43-36-47(61-53(45-22-18-17-19-23-45)24-20-26-56(61)68(11,12)13)30-33-59(43)72-60-27-21-25-54(62(60)71-64(72)55-41-52(67(8,9)10)42-57(63(55)73)69(14,15)16)48-37-49(39-51(38-48)66(5,6)7)58-40-46(34-35-70-58)44-28-31-50(32-29-44)65(2,3)4;/h17-36,38-42,73H,1-16H3;/q-1;/i1D3,2D3,3D3,4D3,28D,29D,31D,32D,34D,35D,40D;. The minimum absolute atomic E-state index is 0. The van der Waals surface area contributed by atoms with E-state index in [0.717, 1.165) is 27.8 Å². The molecule has 0 aliphatic carbocycles. The van der Waals surface area contributed by atoms with Crippen molar-refractivity contribution < 1.29 is 52.2 Å². The van der Waals surface area contributed by atoms with Crippen LogP contribution in [0.3, 0.4) is 0 Å². The fourth-order valence-electron chi connectivity index (χ4n) is 9.25. The summed E-state index contributed by atoms with van der Waals surface area (Å²) >= 11 is 0. The molecule has 0 aliphatic heterocycles. The Balaban J connectivity index is 0.0000111. The Morgan fingerprint density at radius 1 is 0.541 bits per heavy atom. The maximum absolute atomic E-state index is 12.8. The summed E-state index contributed by atoms with van der Waals surface area (Å²) in [6, 6.07) is 31.0. The summed E-state index contributed by atoms with van der Waals surface area (Å²) in [6.45, 7) is 9.65. The first-order valence-electron chi connectivity index (χ1n) is 34.0. The fourth-order valence-corrected chi connectivity index (χ4v) is 9.25. The molecule has 0 unspecified atom stereocenters. The molecule has 0 aliphatic rings. The molecule has 74 heavy (non-hydrogen) atoms. The van der Waals surface area contributed by atoms with Crippen molar-refractivity contribution in [1.82, 2.24) is 14.5 Å². The first-order valence-corrected chi connectivity index (χ1v) is 24.5. The molecule has 0 saturated carbocycles. The minimum atomic E-state index is -3.96. The van der Waals surface area contributed by atoms with Crippen molar-refractivity contribution in [3.05, 3.63) is 191 Å². The number of fused-ring (bicyclic) bond motifs is 1. The predicted molar refractivity (Wildman–Crippen MR) is 310 cm³/mol. The van der Waals surface area contributed by atoms with Gasteiger partial charge in [0, 0.05) is 54.9 Å². The van der Waals surface area contributed by atoms with Crippen LogP contribution in [0.25, 0.3) is 83.9 Å². The number of para-hydroxylation sites is 1. The summed E-state index contributed by atoms with van der Waals surface area (Å²) in [5.41, 5.74) is -0.655. The number of hydrogen-bond acceptors (Lipinski definition) is 3. The van der Waals surface area contributed by atoms with Crippen LogP contribution in [-0.4, -0.2) is 19.6 Å². The summed E-state index contributed by atoms with van der Waals surface area (Å²) in [7, 11) is 0. The summed E-state index contributed by atoms with van der Waals surface area (Å²) in [4.78, 5) is 9.85. The van der Waals surface area contributed by atoms with Crippen molar-refractivity contribution in [1.29, 1.82) is 0 Å². The number of aryl methyl sites for hydroxylation is 1. The molecule has 0 fully saturated rings. The van der Waals surface area contributed by atoms with Gasteiger partial charge >= 0.3 is 0 Å². The monoisotopic (exact) mass is 1170 g/mol. The van der Waals surface area contributed by atoms with Gasteiger partial charge in [-0.2, -0.15) is 0 Å². The number of aromatic hydroxyl groups is 1. The Morgan fingerprint density at radius 3 is 1.84 bits per heavy atom. The molecule has 9 aromatic rings. The molecule has 4 nitrogen and oxygen atoms in total.